The maximum absolute atomic E-state index is 12.3. The van der Waals surface area contributed by atoms with E-state index in [0.29, 0.717) is 19.0 Å². The number of rotatable bonds is 6. The first kappa shape index (κ1) is 17.5. The average Bonchev–Trinajstić information content (AvgIpc) is 2.62. The van der Waals surface area contributed by atoms with Crippen LogP contribution in [0, 0.1) is 0 Å². The van der Waals surface area contributed by atoms with Crippen molar-refractivity contribution in [1.29, 1.82) is 0 Å². The van der Waals surface area contributed by atoms with Crippen LogP contribution in [-0.4, -0.2) is 25.5 Å². The van der Waals surface area contributed by atoms with Gasteiger partial charge in [-0.25, -0.2) is 0 Å². The summed E-state index contributed by atoms with van der Waals surface area (Å²) in [5.74, 6) is 0.664. The Morgan fingerprint density at radius 2 is 1.88 bits per heavy atom. The lowest BCUT2D eigenvalue weighted by atomic mass is 10.0. The van der Waals surface area contributed by atoms with Crippen molar-refractivity contribution in [2.45, 2.75) is 39.0 Å². The lowest BCUT2D eigenvalue weighted by molar-refractivity contribution is -0.119. The van der Waals surface area contributed by atoms with Crippen molar-refractivity contribution in [2.24, 2.45) is 0 Å². The molecule has 1 N–H and O–H groups in total. The van der Waals surface area contributed by atoms with Gasteiger partial charge in [-0.05, 0) is 47.9 Å². The Kier molecular flexibility index (Phi) is 5.75. The van der Waals surface area contributed by atoms with Crippen LogP contribution in [0.25, 0.3) is 0 Å². The minimum atomic E-state index is 0.107. The van der Waals surface area contributed by atoms with Gasteiger partial charge in [-0.1, -0.05) is 56.3 Å². The molecule has 0 saturated heterocycles. The van der Waals surface area contributed by atoms with Crippen LogP contribution in [0.4, 0.5) is 5.69 Å². The highest BCUT2D eigenvalue weighted by atomic mass is 16.2. The summed E-state index contributed by atoms with van der Waals surface area (Å²) in [5, 5.41) is 3.07. The van der Waals surface area contributed by atoms with Gasteiger partial charge in [0.2, 0.25) is 5.91 Å². The molecule has 1 amide bonds. The third kappa shape index (κ3) is 4.62. The van der Waals surface area contributed by atoms with E-state index in [1.54, 1.807) is 0 Å². The fraction of sp³-hybridized carbons (Fsp3) is 0.409. The highest BCUT2D eigenvalue weighted by molar-refractivity contribution is 5.81. The lowest BCUT2D eigenvalue weighted by Gasteiger charge is -2.30. The third-order valence-corrected chi connectivity index (χ3v) is 4.92. The van der Waals surface area contributed by atoms with Crippen LogP contribution < -0.4 is 10.2 Å². The van der Waals surface area contributed by atoms with Gasteiger partial charge >= 0.3 is 0 Å². The standard InChI is InChI=1S/C22H28N2O/c1-17(2)19-11-9-18(10-12-19)13-14-23-22(25)16-24-15-5-7-20-6-3-4-8-21(20)24/h3-4,6,8-12,17H,5,7,13-16H2,1-2H3,(H,23,25). The predicted octanol–water partition coefficient (Wildman–Crippen LogP) is 3.92. The molecule has 2 aromatic carbocycles. The van der Waals surface area contributed by atoms with Gasteiger partial charge in [0.15, 0.2) is 0 Å². The van der Waals surface area contributed by atoms with Crippen molar-refractivity contribution in [3.05, 3.63) is 65.2 Å². The molecule has 132 valence electrons. The van der Waals surface area contributed by atoms with E-state index in [2.05, 4.69) is 72.6 Å². The van der Waals surface area contributed by atoms with Gasteiger partial charge in [0, 0.05) is 18.8 Å². The number of carbonyl (C=O) groups excluding carboxylic acids is 1. The SMILES string of the molecule is CC(C)c1ccc(CCNC(=O)CN2CCCc3ccccc32)cc1. The second kappa shape index (κ2) is 8.19. The summed E-state index contributed by atoms with van der Waals surface area (Å²) in [6, 6.07) is 17.1. The molecule has 0 radical (unpaired) electrons. The summed E-state index contributed by atoms with van der Waals surface area (Å²) < 4.78 is 0. The second-order valence-corrected chi connectivity index (χ2v) is 7.15. The Bertz CT molecular complexity index is 706. The van der Waals surface area contributed by atoms with Gasteiger partial charge in [-0.2, -0.15) is 0 Å². The van der Waals surface area contributed by atoms with E-state index in [9.17, 15) is 4.79 Å². The molecule has 0 fully saturated rings. The number of nitrogens with one attached hydrogen (secondary N) is 1. The molecule has 0 aliphatic carbocycles. The molecular weight excluding hydrogens is 308 g/mol. The number of para-hydroxylation sites is 1. The number of carbonyl (C=O) groups is 1. The first-order valence-corrected chi connectivity index (χ1v) is 9.32. The first-order chi connectivity index (χ1) is 12.1. The summed E-state index contributed by atoms with van der Waals surface area (Å²) >= 11 is 0. The largest absolute Gasteiger partial charge is 0.362 e. The van der Waals surface area contributed by atoms with Crippen LogP contribution in [0.2, 0.25) is 0 Å². The molecule has 0 spiro atoms. The molecule has 3 rings (SSSR count). The monoisotopic (exact) mass is 336 g/mol. The zero-order chi connectivity index (χ0) is 17.6. The van der Waals surface area contributed by atoms with Crippen LogP contribution in [-0.2, 0) is 17.6 Å². The number of aryl methyl sites for hydroxylation is 1. The zero-order valence-corrected chi connectivity index (χ0v) is 15.3. The molecule has 3 heteroatoms. The van der Waals surface area contributed by atoms with E-state index in [1.165, 1.54) is 22.4 Å². The molecule has 1 aliphatic heterocycles. The molecule has 2 aromatic rings. The number of hydrogen-bond acceptors (Lipinski definition) is 2. The second-order valence-electron chi connectivity index (χ2n) is 7.15. The Balaban J connectivity index is 1.47. The topological polar surface area (TPSA) is 32.3 Å². The molecule has 0 unspecified atom stereocenters. The van der Waals surface area contributed by atoms with Gasteiger partial charge in [-0.3, -0.25) is 4.79 Å². The van der Waals surface area contributed by atoms with Crippen LogP contribution in [0.15, 0.2) is 48.5 Å². The van der Waals surface area contributed by atoms with E-state index in [0.717, 1.165) is 25.8 Å². The summed E-state index contributed by atoms with van der Waals surface area (Å²) in [7, 11) is 0. The fourth-order valence-corrected chi connectivity index (χ4v) is 3.42. The highest BCUT2D eigenvalue weighted by Crippen LogP contribution is 2.26. The molecule has 0 aromatic heterocycles. The van der Waals surface area contributed by atoms with Crippen molar-refractivity contribution >= 4 is 11.6 Å². The minimum absolute atomic E-state index is 0.107. The molecule has 0 saturated carbocycles. The molecule has 3 nitrogen and oxygen atoms in total. The van der Waals surface area contributed by atoms with Crippen molar-refractivity contribution in [3.8, 4) is 0 Å². The molecule has 0 atom stereocenters. The summed E-state index contributed by atoms with van der Waals surface area (Å²) in [6.45, 7) is 6.50. The van der Waals surface area contributed by atoms with Gasteiger partial charge in [0.1, 0.15) is 0 Å². The number of anilines is 1. The van der Waals surface area contributed by atoms with Crippen molar-refractivity contribution in [1.82, 2.24) is 5.32 Å². The van der Waals surface area contributed by atoms with Crippen molar-refractivity contribution < 1.29 is 4.79 Å². The van der Waals surface area contributed by atoms with Gasteiger partial charge in [0.25, 0.3) is 0 Å². The Labute approximate surface area is 151 Å². The summed E-state index contributed by atoms with van der Waals surface area (Å²) in [6.07, 6.45) is 3.11. The summed E-state index contributed by atoms with van der Waals surface area (Å²) in [4.78, 5) is 14.5. The van der Waals surface area contributed by atoms with E-state index in [-0.39, 0.29) is 5.91 Å². The summed E-state index contributed by atoms with van der Waals surface area (Å²) in [5.41, 5.74) is 5.20. The Hall–Kier alpha value is -2.29. The van der Waals surface area contributed by atoms with Crippen LogP contribution in [0.3, 0.4) is 0 Å². The van der Waals surface area contributed by atoms with E-state index in [1.807, 2.05) is 0 Å². The van der Waals surface area contributed by atoms with E-state index in [4.69, 9.17) is 0 Å². The smallest absolute Gasteiger partial charge is 0.239 e. The number of nitrogens with zero attached hydrogens (tertiary/aromatic N) is 1. The van der Waals surface area contributed by atoms with Crippen LogP contribution in [0.5, 0.6) is 0 Å². The molecule has 0 bridgehead atoms. The quantitative estimate of drug-likeness (QED) is 0.867. The van der Waals surface area contributed by atoms with Crippen molar-refractivity contribution in [2.75, 3.05) is 24.5 Å². The lowest BCUT2D eigenvalue weighted by Crippen LogP contribution is -2.40. The zero-order valence-electron chi connectivity index (χ0n) is 15.3. The van der Waals surface area contributed by atoms with Gasteiger partial charge < -0.3 is 10.2 Å². The first-order valence-electron chi connectivity index (χ1n) is 9.32. The number of amides is 1. The Morgan fingerprint density at radius 1 is 1.12 bits per heavy atom. The minimum Gasteiger partial charge on any atom is -0.362 e. The molecule has 1 heterocycles. The number of benzene rings is 2. The molecule has 1 aliphatic rings. The predicted molar refractivity (Wildman–Crippen MR) is 104 cm³/mol. The van der Waals surface area contributed by atoms with Crippen LogP contribution in [0.1, 0.15) is 42.9 Å². The van der Waals surface area contributed by atoms with Gasteiger partial charge in [-0.15, -0.1) is 0 Å². The molecule has 25 heavy (non-hydrogen) atoms. The van der Waals surface area contributed by atoms with Gasteiger partial charge in [0.05, 0.1) is 6.54 Å². The van der Waals surface area contributed by atoms with Crippen molar-refractivity contribution in [3.63, 3.8) is 0 Å². The van der Waals surface area contributed by atoms with E-state index < -0.39 is 0 Å². The fourth-order valence-electron chi connectivity index (χ4n) is 3.42. The molecular formula is C22H28N2O. The maximum atomic E-state index is 12.3. The highest BCUT2D eigenvalue weighted by Gasteiger charge is 2.18. The number of fused-ring (bicyclic) bond motifs is 1. The average molecular weight is 336 g/mol. The maximum Gasteiger partial charge on any atom is 0.239 e. The Morgan fingerprint density at radius 3 is 2.64 bits per heavy atom. The van der Waals surface area contributed by atoms with E-state index >= 15 is 0 Å². The normalized spacial score (nSPS) is 13.6. The number of hydrogen-bond donors (Lipinski definition) is 1. The third-order valence-electron chi connectivity index (χ3n) is 4.92. The van der Waals surface area contributed by atoms with Crippen LogP contribution >= 0.6 is 0 Å².